The molecule has 3 unspecified atom stereocenters. The van der Waals surface area contributed by atoms with Crippen LogP contribution < -0.4 is 5.32 Å². The Morgan fingerprint density at radius 2 is 2.00 bits per heavy atom. The predicted molar refractivity (Wildman–Crippen MR) is 68.7 cm³/mol. The zero-order valence-electron chi connectivity index (χ0n) is 11.0. The standard InChI is InChI=1S/C13H22N2O4/c16-8-11-3-1-2-6-15(11)13(19)14-10-5-4-9(7-10)12(17)18/h9-11,16H,1-8H2,(H,14,19)(H,17,18). The number of nitrogens with zero attached hydrogens (tertiary/aromatic N) is 1. The maximum absolute atomic E-state index is 12.2. The van der Waals surface area contributed by atoms with Crippen LogP contribution >= 0.6 is 0 Å². The highest BCUT2D eigenvalue weighted by Gasteiger charge is 2.33. The minimum Gasteiger partial charge on any atom is -0.481 e. The summed E-state index contributed by atoms with van der Waals surface area (Å²) in [7, 11) is 0. The van der Waals surface area contributed by atoms with Crippen LogP contribution in [0.1, 0.15) is 38.5 Å². The fourth-order valence-electron chi connectivity index (χ4n) is 3.05. The Labute approximate surface area is 112 Å². The van der Waals surface area contributed by atoms with Gasteiger partial charge in [0.05, 0.1) is 18.6 Å². The second-order valence-corrected chi connectivity index (χ2v) is 5.52. The summed E-state index contributed by atoms with van der Waals surface area (Å²) in [4.78, 5) is 24.7. The number of piperidine rings is 1. The summed E-state index contributed by atoms with van der Waals surface area (Å²) in [5.74, 6) is -1.11. The van der Waals surface area contributed by atoms with Gasteiger partial charge in [-0.05, 0) is 38.5 Å². The van der Waals surface area contributed by atoms with Crippen molar-refractivity contribution in [2.75, 3.05) is 13.2 Å². The first-order valence-corrected chi connectivity index (χ1v) is 7.02. The topological polar surface area (TPSA) is 89.9 Å². The van der Waals surface area contributed by atoms with Gasteiger partial charge in [-0.15, -0.1) is 0 Å². The molecule has 1 saturated heterocycles. The van der Waals surface area contributed by atoms with Gasteiger partial charge in [0.2, 0.25) is 0 Å². The maximum Gasteiger partial charge on any atom is 0.317 e. The van der Waals surface area contributed by atoms with Crippen LogP contribution in [-0.4, -0.2) is 52.3 Å². The molecule has 1 aliphatic heterocycles. The SMILES string of the molecule is O=C(O)C1CCC(NC(=O)N2CCCCC2CO)C1. The van der Waals surface area contributed by atoms with Crippen LogP contribution in [0, 0.1) is 5.92 Å². The number of aliphatic hydroxyl groups excluding tert-OH is 1. The third kappa shape index (κ3) is 3.37. The molecule has 2 aliphatic rings. The predicted octanol–water partition coefficient (Wildman–Crippen LogP) is 0.796. The molecular formula is C13H22N2O4. The lowest BCUT2D eigenvalue weighted by Crippen LogP contribution is -2.52. The van der Waals surface area contributed by atoms with Crippen LogP contribution in [-0.2, 0) is 4.79 Å². The number of carbonyl (C=O) groups excluding carboxylic acids is 1. The lowest BCUT2D eigenvalue weighted by molar-refractivity contribution is -0.141. The van der Waals surface area contributed by atoms with Gasteiger partial charge in [0.1, 0.15) is 0 Å². The van der Waals surface area contributed by atoms with Gasteiger partial charge >= 0.3 is 12.0 Å². The van der Waals surface area contributed by atoms with Crippen LogP contribution in [0.3, 0.4) is 0 Å². The van der Waals surface area contributed by atoms with Crippen molar-refractivity contribution >= 4 is 12.0 Å². The number of aliphatic hydroxyl groups is 1. The summed E-state index contributed by atoms with van der Waals surface area (Å²) >= 11 is 0. The van der Waals surface area contributed by atoms with E-state index in [4.69, 9.17) is 5.11 Å². The van der Waals surface area contributed by atoms with Crippen molar-refractivity contribution in [1.29, 1.82) is 0 Å². The number of likely N-dealkylation sites (tertiary alicyclic amines) is 1. The molecule has 1 heterocycles. The number of hydrogen-bond donors (Lipinski definition) is 3. The molecule has 0 radical (unpaired) electrons. The van der Waals surface area contributed by atoms with Gasteiger partial charge in [0, 0.05) is 12.6 Å². The van der Waals surface area contributed by atoms with Crippen molar-refractivity contribution in [3.05, 3.63) is 0 Å². The van der Waals surface area contributed by atoms with E-state index in [0.717, 1.165) is 25.7 Å². The highest BCUT2D eigenvalue weighted by molar-refractivity contribution is 5.75. The molecule has 3 atom stereocenters. The molecule has 108 valence electrons. The summed E-state index contributed by atoms with van der Waals surface area (Å²) < 4.78 is 0. The zero-order valence-corrected chi connectivity index (χ0v) is 11.0. The van der Waals surface area contributed by atoms with Gasteiger partial charge in [-0.3, -0.25) is 4.79 Å². The smallest absolute Gasteiger partial charge is 0.317 e. The van der Waals surface area contributed by atoms with Crippen molar-refractivity contribution in [3.8, 4) is 0 Å². The molecule has 2 rings (SSSR count). The molecule has 6 nitrogen and oxygen atoms in total. The van der Waals surface area contributed by atoms with Crippen molar-refractivity contribution < 1.29 is 19.8 Å². The van der Waals surface area contributed by atoms with Crippen molar-refractivity contribution in [2.24, 2.45) is 5.92 Å². The van der Waals surface area contributed by atoms with E-state index in [9.17, 15) is 14.7 Å². The molecule has 0 spiro atoms. The first-order valence-electron chi connectivity index (χ1n) is 7.02. The van der Waals surface area contributed by atoms with E-state index < -0.39 is 5.97 Å². The van der Waals surface area contributed by atoms with E-state index in [0.29, 0.717) is 19.4 Å². The summed E-state index contributed by atoms with van der Waals surface area (Å²) in [5.41, 5.74) is 0. The summed E-state index contributed by atoms with van der Waals surface area (Å²) in [5, 5.41) is 21.1. The highest BCUT2D eigenvalue weighted by atomic mass is 16.4. The quantitative estimate of drug-likeness (QED) is 0.707. The van der Waals surface area contributed by atoms with Gasteiger partial charge < -0.3 is 20.4 Å². The van der Waals surface area contributed by atoms with E-state index in [1.165, 1.54) is 0 Å². The molecule has 6 heteroatoms. The molecule has 3 N–H and O–H groups in total. The van der Waals surface area contributed by atoms with E-state index in [2.05, 4.69) is 5.32 Å². The van der Waals surface area contributed by atoms with Crippen LogP contribution in [0.25, 0.3) is 0 Å². The molecule has 19 heavy (non-hydrogen) atoms. The first-order chi connectivity index (χ1) is 9.11. The van der Waals surface area contributed by atoms with Crippen LogP contribution in [0.4, 0.5) is 4.79 Å². The Kier molecular flexibility index (Phi) is 4.63. The Morgan fingerprint density at radius 1 is 1.21 bits per heavy atom. The Bertz CT molecular complexity index is 348. The maximum atomic E-state index is 12.2. The van der Waals surface area contributed by atoms with Crippen molar-refractivity contribution in [1.82, 2.24) is 10.2 Å². The lowest BCUT2D eigenvalue weighted by atomic mass is 10.0. The molecule has 1 aliphatic carbocycles. The number of carbonyl (C=O) groups is 2. The number of amides is 2. The number of carboxylic acid groups (broad SMARTS) is 1. The van der Waals surface area contributed by atoms with Crippen molar-refractivity contribution in [2.45, 2.75) is 50.6 Å². The summed E-state index contributed by atoms with van der Waals surface area (Å²) in [6, 6.07) is -0.296. The molecule has 0 aromatic carbocycles. The number of hydrogen-bond acceptors (Lipinski definition) is 3. The number of carboxylic acids is 1. The third-order valence-electron chi connectivity index (χ3n) is 4.21. The molecule has 2 amide bonds. The fraction of sp³-hybridized carbons (Fsp3) is 0.846. The molecule has 0 aromatic rings. The second-order valence-electron chi connectivity index (χ2n) is 5.52. The van der Waals surface area contributed by atoms with Gasteiger partial charge in [-0.2, -0.15) is 0 Å². The molecular weight excluding hydrogens is 248 g/mol. The zero-order chi connectivity index (χ0) is 13.8. The minimum absolute atomic E-state index is 0.00413. The monoisotopic (exact) mass is 270 g/mol. The lowest BCUT2D eigenvalue weighted by Gasteiger charge is -2.35. The normalized spacial score (nSPS) is 31.2. The summed E-state index contributed by atoms with van der Waals surface area (Å²) in [6.07, 6.45) is 4.71. The Balaban J connectivity index is 1.85. The van der Waals surface area contributed by atoms with Crippen LogP contribution in [0.15, 0.2) is 0 Å². The highest BCUT2D eigenvalue weighted by Crippen LogP contribution is 2.26. The Hall–Kier alpha value is -1.30. The van der Waals surface area contributed by atoms with E-state index >= 15 is 0 Å². The molecule has 2 fully saturated rings. The number of rotatable bonds is 3. The molecule has 0 aromatic heterocycles. The van der Waals surface area contributed by atoms with Gasteiger partial charge in [0.25, 0.3) is 0 Å². The second kappa shape index (κ2) is 6.23. The Morgan fingerprint density at radius 3 is 2.63 bits per heavy atom. The number of nitrogens with one attached hydrogen (secondary N) is 1. The average Bonchev–Trinajstić information content (AvgIpc) is 2.87. The van der Waals surface area contributed by atoms with Gasteiger partial charge in [0.15, 0.2) is 0 Å². The van der Waals surface area contributed by atoms with Gasteiger partial charge in [-0.25, -0.2) is 4.79 Å². The van der Waals surface area contributed by atoms with Crippen LogP contribution in [0.2, 0.25) is 0 Å². The average molecular weight is 270 g/mol. The third-order valence-corrected chi connectivity index (χ3v) is 4.21. The van der Waals surface area contributed by atoms with Crippen LogP contribution in [0.5, 0.6) is 0 Å². The number of urea groups is 1. The fourth-order valence-corrected chi connectivity index (χ4v) is 3.05. The van der Waals surface area contributed by atoms with Gasteiger partial charge in [-0.1, -0.05) is 0 Å². The summed E-state index contributed by atoms with van der Waals surface area (Å²) in [6.45, 7) is 0.669. The number of aliphatic carboxylic acids is 1. The largest absolute Gasteiger partial charge is 0.481 e. The minimum atomic E-state index is -0.775. The molecule has 0 bridgehead atoms. The van der Waals surface area contributed by atoms with E-state index in [-0.39, 0.29) is 30.6 Å². The van der Waals surface area contributed by atoms with E-state index in [1.54, 1.807) is 4.90 Å². The molecule has 1 saturated carbocycles. The van der Waals surface area contributed by atoms with E-state index in [1.807, 2.05) is 0 Å². The van der Waals surface area contributed by atoms with Crippen molar-refractivity contribution in [3.63, 3.8) is 0 Å². The first kappa shape index (κ1) is 14.1.